The van der Waals surface area contributed by atoms with Gasteiger partial charge in [-0.15, -0.1) is 0 Å². The summed E-state index contributed by atoms with van der Waals surface area (Å²) in [5.74, 6) is 0.795. The first-order valence-electron chi connectivity index (χ1n) is 14.0. The Kier molecular flexibility index (Phi) is 28.5. The van der Waals surface area contributed by atoms with Crippen molar-refractivity contribution in [3.63, 3.8) is 0 Å². The number of hydrogen-bond donors (Lipinski definition) is 0. The highest BCUT2D eigenvalue weighted by atomic mass is 28.2. The van der Waals surface area contributed by atoms with E-state index in [1.807, 2.05) is 13.8 Å². The van der Waals surface area contributed by atoms with Crippen LogP contribution in [0.5, 0.6) is 0 Å². The summed E-state index contributed by atoms with van der Waals surface area (Å²) in [4.78, 5) is 23.7. The molecule has 0 spiro atoms. The van der Waals surface area contributed by atoms with Crippen LogP contribution in [0.4, 0.5) is 0 Å². The van der Waals surface area contributed by atoms with Crippen molar-refractivity contribution in [2.75, 3.05) is 39.6 Å². The average molecular weight is 519 g/mol. The minimum Gasteiger partial charge on any atom is -0.424 e. The first-order chi connectivity index (χ1) is 16.7. The molecule has 0 atom stereocenters. The maximum Gasteiger partial charge on any atom is 0.161 e. The molecule has 0 heterocycles. The molecule has 0 amide bonds. The lowest BCUT2D eigenvalue weighted by atomic mass is 10.1. The molecule has 34 heavy (non-hydrogen) atoms. The van der Waals surface area contributed by atoms with Gasteiger partial charge in [-0.05, 0) is 77.3 Å². The van der Waals surface area contributed by atoms with E-state index < -0.39 is 0 Å². The standard InChI is InChI=1S/C26H54O6Si2/c1-3-31-33-23-13-7-17-25(27)15-5-9-19-29-21-11-12-22-30-20-10-6-16-26(28)18-8-14-24-34-32-4-2/h3-24,33-34H2,1-2H3. The van der Waals surface area contributed by atoms with Crippen LogP contribution in [-0.4, -0.2) is 70.7 Å². The lowest BCUT2D eigenvalue weighted by Crippen LogP contribution is -2.03. The van der Waals surface area contributed by atoms with Gasteiger partial charge < -0.3 is 18.3 Å². The van der Waals surface area contributed by atoms with Gasteiger partial charge in [0.25, 0.3) is 0 Å². The second-order valence-electron chi connectivity index (χ2n) is 8.94. The maximum atomic E-state index is 11.9. The smallest absolute Gasteiger partial charge is 0.161 e. The lowest BCUT2D eigenvalue weighted by molar-refractivity contribution is -0.120. The van der Waals surface area contributed by atoms with Crippen LogP contribution in [-0.2, 0) is 27.9 Å². The van der Waals surface area contributed by atoms with Crippen molar-refractivity contribution in [1.82, 2.24) is 0 Å². The maximum absolute atomic E-state index is 11.9. The number of carbonyl (C=O) groups excluding carboxylic acids is 2. The first kappa shape index (κ1) is 33.6. The van der Waals surface area contributed by atoms with E-state index in [0.29, 0.717) is 24.4 Å². The Morgan fingerprint density at radius 2 is 0.824 bits per heavy atom. The van der Waals surface area contributed by atoms with E-state index in [1.165, 1.54) is 12.1 Å². The Hall–Kier alpha value is -0.386. The molecule has 0 fully saturated rings. The van der Waals surface area contributed by atoms with Crippen LogP contribution in [0.3, 0.4) is 0 Å². The number of rotatable bonds is 29. The van der Waals surface area contributed by atoms with Gasteiger partial charge in [0.15, 0.2) is 19.5 Å². The number of ether oxygens (including phenoxy) is 2. The fourth-order valence-electron chi connectivity index (χ4n) is 3.61. The van der Waals surface area contributed by atoms with Crippen LogP contribution in [0.2, 0.25) is 12.1 Å². The summed E-state index contributed by atoms with van der Waals surface area (Å²) in [5.41, 5.74) is 0. The molecule has 0 unspecified atom stereocenters. The minimum absolute atomic E-state index is 0.330. The Balaban J connectivity index is 3.19. The first-order valence-corrected chi connectivity index (χ1v) is 17.2. The van der Waals surface area contributed by atoms with E-state index >= 15 is 0 Å². The number of ketones is 2. The van der Waals surface area contributed by atoms with Crippen molar-refractivity contribution >= 4 is 31.1 Å². The summed E-state index contributed by atoms with van der Waals surface area (Å²) in [6.45, 7) is 8.78. The zero-order valence-electron chi connectivity index (χ0n) is 22.4. The monoisotopic (exact) mass is 518 g/mol. The molecule has 0 saturated heterocycles. The minimum atomic E-state index is -0.330. The van der Waals surface area contributed by atoms with Gasteiger partial charge in [-0.3, -0.25) is 9.59 Å². The molecule has 0 bridgehead atoms. The van der Waals surface area contributed by atoms with Crippen molar-refractivity contribution in [2.24, 2.45) is 0 Å². The predicted molar refractivity (Wildman–Crippen MR) is 146 cm³/mol. The number of unbranched alkanes of at least 4 members (excludes halogenated alkanes) is 5. The topological polar surface area (TPSA) is 71.1 Å². The number of hydrogen-bond acceptors (Lipinski definition) is 6. The van der Waals surface area contributed by atoms with E-state index in [4.69, 9.17) is 18.3 Å². The molecule has 6 nitrogen and oxygen atoms in total. The third-order valence-electron chi connectivity index (χ3n) is 5.71. The summed E-state index contributed by atoms with van der Waals surface area (Å²) in [6, 6.07) is 2.39. The Morgan fingerprint density at radius 3 is 1.18 bits per heavy atom. The van der Waals surface area contributed by atoms with E-state index in [9.17, 15) is 9.59 Å². The van der Waals surface area contributed by atoms with Gasteiger partial charge in [-0.2, -0.15) is 0 Å². The third kappa shape index (κ3) is 27.9. The molecular weight excluding hydrogens is 464 g/mol. The van der Waals surface area contributed by atoms with E-state index in [1.54, 1.807) is 0 Å². The van der Waals surface area contributed by atoms with Crippen LogP contribution in [0, 0.1) is 0 Å². The van der Waals surface area contributed by atoms with E-state index in [-0.39, 0.29) is 19.5 Å². The largest absolute Gasteiger partial charge is 0.424 e. The lowest BCUT2D eigenvalue weighted by Gasteiger charge is -2.06. The van der Waals surface area contributed by atoms with Crippen LogP contribution < -0.4 is 0 Å². The summed E-state index contributed by atoms with van der Waals surface area (Å²) in [7, 11) is -0.659. The Labute approximate surface area is 214 Å². The molecule has 0 aliphatic rings. The summed E-state index contributed by atoms with van der Waals surface area (Å²) in [6.07, 6.45) is 13.0. The fraction of sp³-hybridized carbons (Fsp3) is 0.923. The summed E-state index contributed by atoms with van der Waals surface area (Å²) in [5, 5.41) is 0. The highest BCUT2D eigenvalue weighted by molar-refractivity contribution is 6.27. The van der Waals surface area contributed by atoms with E-state index in [2.05, 4.69) is 0 Å². The van der Waals surface area contributed by atoms with Crippen LogP contribution in [0.25, 0.3) is 0 Å². The average Bonchev–Trinajstić information content (AvgIpc) is 2.83. The van der Waals surface area contributed by atoms with Gasteiger partial charge in [-0.25, -0.2) is 0 Å². The van der Waals surface area contributed by atoms with Crippen LogP contribution in [0.15, 0.2) is 0 Å². The molecule has 0 saturated carbocycles. The van der Waals surface area contributed by atoms with Crippen LogP contribution in [0.1, 0.15) is 104 Å². The molecule has 0 N–H and O–H groups in total. The van der Waals surface area contributed by atoms with Crippen molar-refractivity contribution in [3.05, 3.63) is 0 Å². The van der Waals surface area contributed by atoms with Gasteiger partial charge >= 0.3 is 0 Å². The quantitative estimate of drug-likeness (QED) is 0.106. The van der Waals surface area contributed by atoms with E-state index in [0.717, 1.165) is 117 Å². The SMILES string of the molecule is CCO[SiH2]CCCCC(=O)CCCCOCCCCOCCCCC(=O)CCCC[SiH2]OCC. The zero-order valence-corrected chi connectivity index (χ0v) is 25.2. The van der Waals surface area contributed by atoms with Crippen molar-refractivity contribution in [3.8, 4) is 0 Å². The van der Waals surface area contributed by atoms with Gasteiger partial charge in [0.2, 0.25) is 0 Å². The molecule has 0 aromatic rings. The van der Waals surface area contributed by atoms with Crippen LogP contribution >= 0.6 is 0 Å². The molecule has 202 valence electrons. The number of Topliss-reactive ketones (excluding diaryl/α,β-unsaturated/α-hetero) is 2. The van der Waals surface area contributed by atoms with Crippen molar-refractivity contribution in [1.29, 1.82) is 0 Å². The second-order valence-corrected chi connectivity index (χ2v) is 12.0. The molecule has 0 aliphatic heterocycles. The summed E-state index contributed by atoms with van der Waals surface area (Å²) < 4.78 is 22.2. The van der Waals surface area contributed by atoms with Crippen molar-refractivity contribution < 1.29 is 27.9 Å². The highest BCUT2D eigenvalue weighted by Crippen LogP contribution is 2.07. The van der Waals surface area contributed by atoms with Gasteiger partial charge in [-0.1, -0.05) is 12.8 Å². The fourth-order valence-corrected chi connectivity index (χ4v) is 5.71. The molecule has 0 aromatic carbocycles. The normalized spacial score (nSPS) is 11.9. The van der Waals surface area contributed by atoms with Crippen molar-refractivity contribution in [2.45, 2.75) is 116 Å². The number of carbonyl (C=O) groups is 2. The molecule has 8 heteroatoms. The molecule has 0 aliphatic carbocycles. The second kappa shape index (κ2) is 28.8. The molecule has 0 rings (SSSR count). The highest BCUT2D eigenvalue weighted by Gasteiger charge is 2.03. The molecular formula is C26H54O6Si2. The third-order valence-corrected chi connectivity index (χ3v) is 8.68. The Bertz CT molecular complexity index is 411. The summed E-state index contributed by atoms with van der Waals surface area (Å²) >= 11 is 0. The predicted octanol–water partition coefficient (Wildman–Crippen LogP) is 4.70. The zero-order chi connectivity index (χ0) is 25.0. The van der Waals surface area contributed by atoms with Gasteiger partial charge in [0.05, 0.1) is 0 Å². The molecule has 0 radical (unpaired) electrons. The molecule has 0 aromatic heterocycles. The van der Waals surface area contributed by atoms with Gasteiger partial charge in [0.1, 0.15) is 11.6 Å². The van der Waals surface area contributed by atoms with Gasteiger partial charge in [0, 0.05) is 65.3 Å². The Morgan fingerprint density at radius 1 is 0.500 bits per heavy atom.